The number of aryl methyl sites for hydroxylation is 2. The average Bonchev–Trinajstić information content (AvgIpc) is 2.96. The van der Waals surface area contributed by atoms with E-state index in [0.29, 0.717) is 17.1 Å². The van der Waals surface area contributed by atoms with Crippen LogP contribution in [0.15, 0.2) is 10.2 Å². The molecule has 0 aliphatic carbocycles. The van der Waals surface area contributed by atoms with Crippen LogP contribution in [-0.4, -0.2) is 23.6 Å². The maximum atomic E-state index is 12.1. The molecule has 2 rings (SSSR count). The van der Waals surface area contributed by atoms with Crippen LogP contribution in [-0.2, 0) is 16.1 Å². The number of rotatable bonds is 5. The third-order valence-electron chi connectivity index (χ3n) is 3.57. The Hall–Kier alpha value is -1.93. The Morgan fingerprint density at radius 1 is 1.30 bits per heavy atom. The molecule has 0 aliphatic rings. The minimum absolute atomic E-state index is 0.0756. The summed E-state index contributed by atoms with van der Waals surface area (Å²) >= 11 is 2.46. The molecule has 0 fully saturated rings. The minimum atomic E-state index is -0.466. The van der Waals surface area contributed by atoms with Gasteiger partial charge in [-0.1, -0.05) is 11.3 Å². The van der Waals surface area contributed by atoms with Gasteiger partial charge in [0.15, 0.2) is 0 Å². The van der Waals surface area contributed by atoms with Crippen LogP contribution in [0.1, 0.15) is 32.9 Å². The number of methoxy groups -OCH3 is 1. The second-order valence-corrected chi connectivity index (χ2v) is 7.12. The van der Waals surface area contributed by atoms with E-state index >= 15 is 0 Å². The van der Waals surface area contributed by atoms with Crippen LogP contribution in [0.3, 0.4) is 0 Å². The third kappa shape index (κ3) is 3.70. The summed E-state index contributed by atoms with van der Waals surface area (Å²) in [7, 11) is 1.31. The summed E-state index contributed by atoms with van der Waals surface area (Å²) < 4.78 is 6.34. The quantitative estimate of drug-likeness (QED) is 0.838. The van der Waals surface area contributed by atoms with E-state index in [1.165, 1.54) is 18.4 Å². The highest BCUT2D eigenvalue weighted by molar-refractivity contribution is 7.16. The Morgan fingerprint density at radius 3 is 2.57 bits per heavy atom. The first-order chi connectivity index (χ1) is 10.8. The zero-order valence-electron chi connectivity index (χ0n) is 13.4. The molecule has 23 heavy (non-hydrogen) atoms. The van der Waals surface area contributed by atoms with Crippen molar-refractivity contribution in [3.63, 3.8) is 0 Å². The number of carbonyl (C=O) groups is 2. The molecule has 0 atom stereocenters. The van der Waals surface area contributed by atoms with Crippen LogP contribution in [0.4, 0.5) is 5.00 Å². The highest BCUT2D eigenvalue weighted by Gasteiger charge is 2.21. The number of aromatic nitrogens is 1. The number of anilines is 1. The lowest BCUT2D eigenvalue weighted by molar-refractivity contribution is -0.116. The number of carbonyl (C=O) groups excluding carboxylic acids is 2. The number of thiophene rings is 1. The van der Waals surface area contributed by atoms with Crippen LogP contribution in [0.2, 0.25) is 0 Å². The first kappa shape index (κ1) is 17.4. The van der Waals surface area contributed by atoms with Crippen molar-refractivity contribution in [3.05, 3.63) is 36.7 Å². The summed E-state index contributed by atoms with van der Waals surface area (Å²) in [4.78, 5) is 36.5. The van der Waals surface area contributed by atoms with Gasteiger partial charge in [-0.15, -0.1) is 11.3 Å². The first-order valence-electron chi connectivity index (χ1n) is 6.98. The molecule has 0 aliphatic heterocycles. The molecule has 2 aromatic heterocycles. The van der Waals surface area contributed by atoms with E-state index in [1.54, 1.807) is 9.95 Å². The van der Waals surface area contributed by atoms with E-state index in [0.717, 1.165) is 27.5 Å². The normalized spacial score (nSPS) is 10.6. The zero-order valence-corrected chi connectivity index (χ0v) is 15.0. The maximum absolute atomic E-state index is 12.1. The summed E-state index contributed by atoms with van der Waals surface area (Å²) in [6, 6.07) is 0. The third-order valence-corrected chi connectivity index (χ3v) is 5.57. The van der Waals surface area contributed by atoms with Crippen molar-refractivity contribution < 1.29 is 14.3 Å². The smallest absolute Gasteiger partial charge is 0.341 e. The van der Waals surface area contributed by atoms with Gasteiger partial charge in [0.1, 0.15) is 5.00 Å². The van der Waals surface area contributed by atoms with Gasteiger partial charge in [0.05, 0.1) is 12.7 Å². The van der Waals surface area contributed by atoms with Gasteiger partial charge in [-0.05, 0) is 26.3 Å². The van der Waals surface area contributed by atoms with Crippen molar-refractivity contribution in [2.24, 2.45) is 0 Å². The van der Waals surface area contributed by atoms with Crippen molar-refractivity contribution in [2.45, 2.75) is 33.7 Å². The second kappa shape index (κ2) is 7.10. The molecule has 1 N–H and O–H groups in total. The average molecular weight is 354 g/mol. The summed E-state index contributed by atoms with van der Waals surface area (Å²) in [6.45, 7) is 5.85. The lowest BCUT2D eigenvalue weighted by atomic mass is 10.1. The Morgan fingerprint density at radius 2 is 2.00 bits per heavy atom. The molecule has 6 nitrogen and oxygen atoms in total. The molecule has 0 saturated carbocycles. The summed E-state index contributed by atoms with van der Waals surface area (Å²) in [6.07, 6.45) is 0.161. The Kier molecular flexibility index (Phi) is 5.38. The molecule has 0 unspecified atom stereocenters. The van der Waals surface area contributed by atoms with Crippen molar-refractivity contribution in [1.82, 2.24) is 4.57 Å². The minimum Gasteiger partial charge on any atom is -0.465 e. The van der Waals surface area contributed by atoms with Gasteiger partial charge in [-0.2, -0.15) is 0 Å². The van der Waals surface area contributed by atoms with E-state index in [4.69, 9.17) is 4.74 Å². The van der Waals surface area contributed by atoms with Crippen molar-refractivity contribution in [1.29, 1.82) is 0 Å². The monoisotopic (exact) mass is 354 g/mol. The highest BCUT2D eigenvalue weighted by atomic mass is 32.1. The maximum Gasteiger partial charge on any atom is 0.341 e. The fourth-order valence-electron chi connectivity index (χ4n) is 2.14. The number of amides is 1. The highest BCUT2D eigenvalue weighted by Crippen LogP contribution is 2.33. The SMILES string of the molecule is COC(=O)c1c(NC(=O)CCn2c(C)csc2=O)sc(C)c1C. The molecule has 8 heteroatoms. The standard InChI is InChI=1S/C15H18N2O4S2/c1-8-7-22-15(20)17(8)6-5-11(18)16-13-12(14(19)21-4)9(2)10(3)23-13/h7H,5-6H2,1-4H3,(H,16,18). The molecule has 124 valence electrons. The molecular formula is C15H18N2O4S2. The number of thiazole rings is 1. The fraction of sp³-hybridized carbons (Fsp3) is 0.400. The van der Waals surface area contributed by atoms with E-state index in [1.807, 2.05) is 20.8 Å². The van der Waals surface area contributed by atoms with Crippen LogP contribution in [0.5, 0.6) is 0 Å². The van der Waals surface area contributed by atoms with E-state index in [9.17, 15) is 14.4 Å². The van der Waals surface area contributed by atoms with Crippen LogP contribution in [0, 0.1) is 20.8 Å². The number of hydrogen-bond donors (Lipinski definition) is 1. The van der Waals surface area contributed by atoms with E-state index < -0.39 is 5.97 Å². The largest absolute Gasteiger partial charge is 0.465 e. The molecule has 0 saturated heterocycles. The van der Waals surface area contributed by atoms with Crippen molar-refractivity contribution in [3.8, 4) is 0 Å². The van der Waals surface area contributed by atoms with E-state index in [-0.39, 0.29) is 17.2 Å². The number of esters is 1. The van der Waals surface area contributed by atoms with Gasteiger partial charge in [-0.25, -0.2) is 4.79 Å². The summed E-state index contributed by atoms with van der Waals surface area (Å²) in [5.41, 5.74) is 2.04. The molecule has 1 amide bonds. The van der Waals surface area contributed by atoms with Gasteiger partial charge >= 0.3 is 10.8 Å². The van der Waals surface area contributed by atoms with Crippen LogP contribution >= 0.6 is 22.7 Å². The summed E-state index contributed by atoms with van der Waals surface area (Å²) in [5, 5.41) is 5.01. The lowest BCUT2D eigenvalue weighted by Crippen LogP contribution is -2.20. The molecule has 0 radical (unpaired) electrons. The van der Waals surface area contributed by atoms with E-state index in [2.05, 4.69) is 5.32 Å². The predicted molar refractivity (Wildman–Crippen MR) is 91.7 cm³/mol. The zero-order chi connectivity index (χ0) is 17.1. The molecule has 2 aromatic rings. The lowest BCUT2D eigenvalue weighted by Gasteiger charge is -2.07. The van der Waals surface area contributed by atoms with Gasteiger partial charge < -0.3 is 14.6 Å². The molecule has 0 bridgehead atoms. The fourth-order valence-corrected chi connectivity index (χ4v) is 3.97. The number of hydrogen-bond acceptors (Lipinski definition) is 6. The molecule has 0 aromatic carbocycles. The molecule has 0 spiro atoms. The number of nitrogens with one attached hydrogen (secondary N) is 1. The van der Waals surface area contributed by atoms with Crippen molar-refractivity contribution >= 4 is 39.6 Å². The second-order valence-electron chi connectivity index (χ2n) is 5.07. The first-order valence-corrected chi connectivity index (χ1v) is 8.67. The number of nitrogens with zero attached hydrogens (tertiary/aromatic N) is 1. The van der Waals surface area contributed by atoms with Crippen molar-refractivity contribution in [2.75, 3.05) is 12.4 Å². The number of ether oxygens (including phenoxy) is 1. The topological polar surface area (TPSA) is 77.4 Å². The molecule has 2 heterocycles. The van der Waals surface area contributed by atoms with Crippen LogP contribution < -0.4 is 10.2 Å². The van der Waals surface area contributed by atoms with Gasteiger partial charge in [-0.3, -0.25) is 9.59 Å². The Bertz CT molecular complexity index is 801. The van der Waals surface area contributed by atoms with Gasteiger partial charge in [0.25, 0.3) is 0 Å². The Labute approximate surface area is 141 Å². The Balaban J connectivity index is 2.10. The predicted octanol–water partition coefficient (Wildman–Crippen LogP) is 2.71. The molecular weight excluding hydrogens is 336 g/mol. The van der Waals surface area contributed by atoms with Crippen LogP contribution in [0.25, 0.3) is 0 Å². The van der Waals surface area contributed by atoms with Gasteiger partial charge in [0, 0.05) is 28.9 Å². The summed E-state index contributed by atoms with van der Waals surface area (Å²) in [5.74, 6) is -0.707. The van der Waals surface area contributed by atoms with Gasteiger partial charge in [0.2, 0.25) is 5.91 Å².